The molecular weight excluding hydrogens is 324 g/mol. The number of amides is 2. The zero-order chi connectivity index (χ0) is 18.2. The van der Waals surface area contributed by atoms with Crippen molar-refractivity contribution in [2.24, 2.45) is 0 Å². The number of esters is 1. The van der Waals surface area contributed by atoms with Crippen molar-refractivity contribution in [3.8, 4) is 5.75 Å². The van der Waals surface area contributed by atoms with E-state index in [1.807, 2.05) is 0 Å². The van der Waals surface area contributed by atoms with Gasteiger partial charge in [0.1, 0.15) is 5.75 Å². The third-order valence-corrected chi connectivity index (χ3v) is 3.28. The normalized spacial score (nSPS) is 9.84. The van der Waals surface area contributed by atoms with E-state index >= 15 is 0 Å². The van der Waals surface area contributed by atoms with Crippen molar-refractivity contribution in [1.82, 2.24) is 5.32 Å². The predicted octanol–water partition coefficient (Wildman–Crippen LogP) is 1.85. The monoisotopic (exact) mass is 342 g/mol. The molecule has 2 amide bonds. The van der Waals surface area contributed by atoms with Gasteiger partial charge in [0.05, 0.1) is 12.7 Å². The van der Waals surface area contributed by atoms with E-state index in [1.165, 1.54) is 14.2 Å². The van der Waals surface area contributed by atoms with Crippen molar-refractivity contribution >= 4 is 23.5 Å². The highest BCUT2D eigenvalue weighted by atomic mass is 16.5. The molecule has 0 aliphatic carbocycles. The molecule has 0 heterocycles. The molecule has 0 radical (unpaired) electrons. The number of carbonyl (C=O) groups is 3. The summed E-state index contributed by atoms with van der Waals surface area (Å²) in [5.74, 6) is -0.605. The summed E-state index contributed by atoms with van der Waals surface area (Å²) in [5.41, 5.74) is 1.33. The number of hydrogen-bond donors (Lipinski definition) is 2. The van der Waals surface area contributed by atoms with Crippen molar-refractivity contribution in [3.05, 3.63) is 59.7 Å². The molecule has 0 saturated carbocycles. The lowest BCUT2D eigenvalue weighted by Gasteiger charge is -2.09. The van der Waals surface area contributed by atoms with Crippen molar-refractivity contribution in [3.63, 3.8) is 0 Å². The molecule has 0 bridgehead atoms. The Morgan fingerprint density at radius 3 is 2.36 bits per heavy atom. The standard InChI is InChI=1S/C18H18N2O5/c1-19-17(22)13-4-3-5-14(10-13)20-16(21)11-25-15-8-6-12(7-9-15)18(23)24-2/h3-10H,11H2,1-2H3,(H,19,22)(H,20,21). The third kappa shape index (κ3) is 5.07. The Labute approximate surface area is 144 Å². The van der Waals surface area contributed by atoms with Crippen LogP contribution in [0.1, 0.15) is 20.7 Å². The van der Waals surface area contributed by atoms with Crippen LogP contribution in [0.4, 0.5) is 5.69 Å². The number of anilines is 1. The number of hydrogen-bond acceptors (Lipinski definition) is 5. The second kappa shape index (κ2) is 8.49. The van der Waals surface area contributed by atoms with Crippen LogP contribution in [0.2, 0.25) is 0 Å². The summed E-state index contributed by atoms with van der Waals surface area (Å²) in [5, 5.41) is 5.17. The summed E-state index contributed by atoms with van der Waals surface area (Å²) in [6, 6.07) is 12.8. The second-order valence-electron chi connectivity index (χ2n) is 5.01. The molecule has 0 unspecified atom stereocenters. The third-order valence-electron chi connectivity index (χ3n) is 3.28. The van der Waals surface area contributed by atoms with Crippen LogP contribution in [0, 0.1) is 0 Å². The lowest BCUT2D eigenvalue weighted by atomic mass is 10.2. The van der Waals surface area contributed by atoms with Crippen LogP contribution in [0.15, 0.2) is 48.5 Å². The molecule has 0 saturated heterocycles. The largest absolute Gasteiger partial charge is 0.484 e. The van der Waals surface area contributed by atoms with Crippen molar-refractivity contribution in [2.45, 2.75) is 0 Å². The molecule has 0 spiro atoms. The zero-order valence-electron chi connectivity index (χ0n) is 13.9. The van der Waals surface area contributed by atoms with Gasteiger partial charge in [-0.1, -0.05) is 6.07 Å². The molecule has 2 N–H and O–H groups in total. The van der Waals surface area contributed by atoms with Gasteiger partial charge in [0.2, 0.25) is 0 Å². The van der Waals surface area contributed by atoms with Gasteiger partial charge in [-0.05, 0) is 42.5 Å². The maximum absolute atomic E-state index is 11.9. The average molecular weight is 342 g/mol. The number of nitrogens with one attached hydrogen (secondary N) is 2. The Hall–Kier alpha value is -3.35. The maximum Gasteiger partial charge on any atom is 0.337 e. The Bertz CT molecular complexity index is 771. The highest BCUT2D eigenvalue weighted by Gasteiger charge is 2.08. The topological polar surface area (TPSA) is 93.7 Å². The van der Waals surface area contributed by atoms with Gasteiger partial charge in [0, 0.05) is 18.3 Å². The first-order valence-electron chi connectivity index (χ1n) is 7.46. The number of rotatable bonds is 6. The van der Waals surface area contributed by atoms with E-state index in [2.05, 4.69) is 15.4 Å². The lowest BCUT2D eigenvalue weighted by Crippen LogP contribution is -2.21. The Morgan fingerprint density at radius 1 is 1.00 bits per heavy atom. The highest BCUT2D eigenvalue weighted by molar-refractivity contribution is 5.97. The van der Waals surface area contributed by atoms with Crippen LogP contribution in [-0.4, -0.2) is 38.5 Å². The average Bonchev–Trinajstić information content (AvgIpc) is 2.65. The molecule has 0 fully saturated rings. The predicted molar refractivity (Wildman–Crippen MR) is 91.7 cm³/mol. The summed E-state index contributed by atoms with van der Waals surface area (Å²) in [6.07, 6.45) is 0. The Kier molecular flexibility index (Phi) is 6.11. The first-order chi connectivity index (χ1) is 12.0. The van der Waals surface area contributed by atoms with Gasteiger partial charge in [-0.25, -0.2) is 4.79 Å². The highest BCUT2D eigenvalue weighted by Crippen LogP contribution is 2.14. The van der Waals surface area contributed by atoms with Gasteiger partial charge in [-0.15, -0.1) is 0 Å². The van der Waals surface area contributed by atoms with Crippen LogP contribution < -0.4 is 15.4 Å². The van der Waals surface area contributed by atoms with E-state index in [1.54, 1.807) is 48.5 Å². The van der Waals surface area contributed by atoms with E-state index in [0.717, 1.165) is 0 Å². The fourth-order valence-electron chi connectivity index (χ4n) is 2.03. The lowest BCUT2D eigenvalue weighted by molar-refractivity contribution is -0.118. The maximum atomic E-state index is 11.9. The molecule has 2 aromatic carbocycles. The molecule has 0 aliphatic heterocycles. The molecular formula is C18H18N2O5. The molecule has 7 heteroatoms. The van der Waals surface area contributed by atoms with Gasteiger partial charge >= 0.3 is 5.97 Å². The number of benzene rings is 2. The quantitative estimate of drug-likeness (QED) is 0.782. The van der Waals surface area contributed by atoms with Crippen LogP contribution in [0.5, 0.6) is 5.75 Å². The van der Waals surface area contributed by atoms with Gasteiger partial charge in [0.25, 0.3) is 11.8 Å². The van der Waals surface area contributed by atoms with E-state index in [4.69, 9.17) is 4.74 Å². The summed E-state index contributed by atoms with van der Waals surface area (Å²) in [4.78, 5) is 34.9. The van der Waals surface area contributed by atoms with Crippen LogP contribution >= 0.6 is 0 Å². The van der Waals surface area contributed by atoms with E-state index in [0.29, 0.717) is 22.6 Å². The van der Waals surface area contributed by atoms with Crippen LogP contribution in [0.3, 0.4) is 0 Å². The zero-order valence-corrected chi connectivity index (χ0v) is 13.9. The molecule has 0 aromatic heterocycles. The molecule has 7 nitrogen and oxygen atoms in total. The van der Waals surface area contributed by atoms with Crippen molar-refractivity contribution in [1.29, 1.82) is 0 Å². The number of methoxy groups -OCH3 is 1. The van der Waals surface area contributed by atoms with Crippen molar-refractivity contribution < 1.29 is 23.9 Å². The number of carbonyl (C=O) groups excluding carboxylic acids is 3. The fraction of sp³-hybridized carbons (Fsp3) is 0.167. The molecule has 0 aliphatic rings. The minimum absolute atomic E-state index is 0.207. The van der Waals surface area contributed by atoms with E-state index < -0.39 is 5.97 Å². The SMILES string of the molecule is CNC(=O)c1cccc(NC(=O)COc2ccc(C(=O)OC)cc2)c1. The summed E-state index contributed by atoms with van der Waals surface area (Å²) < 4.78 is 9.97. The number of ether oxygens (including phenoxy) is 2. The van der Waals surface area contributed by atoms with Gasteiger partial charge in [-0.2, -0.15) is 0 Å². The Balaban J connectivity index is 1.90. The first-order valence-corrected chi connectivity index (χ1v) is 7.46. The molecule has 0 atom stereocenters. The summed E-state index contributed by atoms with van der Waals surface area (Å²) in [7, 11) is 2.84. The van der Waals surface area contributed by atoms with Gasteiger partial charge in [-0.3, -0.25) is 9.59 Å². The van der Waals surface area contributed by atoms with Crippen molar-refractivity contribution in [2.75, 3.05) is 26.1 Å². The van der Waals surface area contributed by atoms with Gasteiger partial charge < -0.3 is 20.1 Å². The minimum atomic E-state index is -0.444. The molecule has 2 aromatic rings. The minimum Gasteiger partial charge on any atom is -0.484 e. The smallest absolute Gasteiger partial charge is 0.337 e. The van der Waals surface area contributed by atoms with Crippen LogP contribution in [-0.2, 0) is 9.53 Å². The Morgan fingerprint density at radius 2 is 1.72 bits per heavy atom. The van der Waals surface area contributed by atoms with Crippen LogP contribution in [0.25, 0.3) is 0 Å². The summed E-state index contributed by atoms with van der Waals surface area (Å²) >= 11 is 0. The van der Waals surface area contributed by atoms with Gasteiger partial charge in [0.15, 0.2) is 6.61 Å². The summed E-state index contributed by atoms with van der Waals surface area (Å²) in [6.45, 7) is -0.207. The van der Waals surface area contributed by atoms with E-state index in [-0.39, 0.29) is 18.4 Å². The molecule has 130 valence electrons. The fourth-order valence-corrected chi connectivity index (χ4v) is 2.03. The first kappa shape index (κ1) is 18.0. The second-order valence-corrected chi connectivity index (χ2v) is 5.01. The molecule has 2 rings (SSSR count). The molecule has 25 heavy (non-hydrogen) atoms. The van der Waals surface area contributed by atoms with E-state index in [9.17, 15) is 14.4 Å².